The molecule has 0 unspecified atom stereocenters. The third kappa shape index (κ3) is 7.43. The van der Waals surface area contributed by atoms with Gasteiger partial charge in [-0.1, -0.05) is 38.5 Å². The molecule has 0 saturated heterocycles. The number of hydrogen-bond donors (Lipinski definition) is 4. The number of aliphatic hydroxyl groups excluding tert-OH is 2. The van der Waals surface area contributed by atoms with Crippen LogP contribution in [-0.4, -0.2) is 45.6 Å². The SMILES string of the molecule is O=C(O)C(CCCCCCO)(CCCCCCO)C(=O)O. The van der Waals surface area contributed by atoms with E-state index in [0.29, 0.717) is 25.7 Å². The highest BCUT2D eigenvalue weighted by atomic mass is 16.4. The van der Waals surface area contributed by atoms with Crippen LogP contribution in [0.15, 0.2) is 0 Å². The van der Waals surface area contributed by atoms with Crippen LogP contribution < -0.4 is 0 Å². The fourth-order valence-electron chi connectivity index (χ4n) is 2.43. The molecule has 124 valence electrons. The Hall–Kier alpha value is -1.14. The summed E-state index contributed by atoms with van der Waals surface area (Å²) in [6.45, 7) is 0.210. The van der Waals surface area contributed by atoms with Gasteiger partial charge in [-0.3, -0.25) is 9.59 Å². The second-order valence-electron chi connectivity index (χ2n) is 5.47. The van der Waals surface area contributed by atoms with E-state index in [9.17, 15) is 19.8 Å². The summed E-state index contributed by atoms with van der Waals surface area (Å²) in [4.78, 5) is 22.9. The second kappa shape index (κ2) is 11.5. The Balaban J connectivity index is 4.40. The monoisotopic (exact) mass is 304 g/mol. The molecule has 0 aliphatic heterocycles. The molecule has 0 atom stereocenters. The number of carbonyl (C=O) groups is 2. The lowest BCUT2D eigenvalue weighted by molar-refractivity contribution is -0.166. The molecule has 0 spiro atoms. The van der Waals surface area contributed by atoms with E-state index in [1.54, 1.807) is 0 Å². The molecule has 0 fully saturated rings. The molecule has 0 radical (unpaired) electrons. The Morgan fingerprint density at radius 1 is 0.619 bits per heavy atom. The molecule has 0 aliphatic carbocycles. The third-order valence-corrected chi connectivity index (χ3v) is 3.84. The normalized spacial score (nSPS) is 11.5. The van der Waals surface area contributed by atoms with E-state index >= 15 is 0 Å². The lowest BCUT2D eigenvalue weighted by Crippen LogP contribution is -2.39. The fourth-order valence-corrected chi connectivity index (χ4v) is 2.43. The fraction of sp³-hybridized carbons (Fsp3) is 0.867. The largest absolute Gasteiger partial charge is 0.480 e. The molecule has 0 rings (SSSR count). The Labute approximate surface area is 125 Å². The Kier molecular flexibility index (Phi) is 10.9. The van der Waals surface area contributed by atoms with E-state index in [2.05, 4.69) is 0 Å². The quantitative estimate of drug-likeness (QED) is 0.288. The molecule has 21 heavy (non-hydrogen) atoms. The molecule has 0 aromatic heterocycles. The van der Waals surface area contributed by atoms with E-state index < -0.39 is 17.4 Å². The van der Waals surface area contributed by atoms with Crippen LogP contribution in [0.1, 0.15) is 64.2 Å². The molecule has 4 N–H and O–H groups in total. The van der Waals surface area contributed by atoms with Crippen molar-refractivity contribution in [2.75, 3.05) is 13.2 Å². The van der Waals surface area contributed by atoms with Gasteiger partial charge in [-0.25, -0.2) is 0 Å². The molecule has 0 aromatic carbocycles. The van der Waals surface area contributed by atoms with Crippen LogP contribution in [0.25, 0.3) is 0 Å². The zero-order valence-electron chi connectivity index (χ0n) is 12.6. The Morgan fingerprint density at radius 3 is 1.24 bits per heavy atom. The molecular weight excluding hydrogens is 276 g/mol. The van der Waals surface area contributed by atoms with Crippen molar-refractivity contribution >= 4 is 11.9 Å². The van der Waals surface area contributed by atoms with Crippen molar-refractivity contribution in [3.8, 4) is 0 Å². The predicted molar refractivity (Wildman–Crippen MR) is 78.0 cm³/mol. The first-order valence-electron chi connectivity index (χ1n) is 7.70. The summed E-state index contributed by atoms with van der Waals surface area (Å²) in [5.74, 6) is -2.53. The van der Waals surface area contributed by atoms with Crippen molar-refractivity contribution in [2.24, 2.45) is 5.41 Å². The van der Waals surface area contributed by atoms with E-state index in [1.165, 1.54) is 0 Å². The highest BCUT2D eigenvalue weighted by Crippen LogP contribution is 2.32. The van der Waals surface area contributed by atoms with Crippen LogP contribution >= 0.6 is 0 Å². The zero-order chi connectivity index (χ0) is 16.1. The number of hydrogen-bond acceptors (Lipinski definition) is 4. The summed E-state index contributed by atoms with van der Waals surface area (Å²) in [7, 11) is 0. The summed E-state index contributed by atoms with van der Waals surface area (Å²) in [6.07, 6.45) is 5.67. The standard InChI is InChI=1S/C15H28O6/c16-11-7-3-1-5-9-15(13(18)19,14(20)21)10-6-2-4-8-12-17/h16-17H,1-12H2,(H,18,19)(H,20,21). The predicted octanol–water partition coefficient (Wildman–Crippen LogP) is 2.03. The minimum absolute atomic E-state index is 0.105. The molecule has 6 heteroatoms. The van der Waals surface area contributed by atoms with Gasteiger partial charge < -0.3 is 20.4 Å². The minimum atomic E-state index is -1.70. The zero-order valence-corrected chi connectivity index (χ0v) is 12.6. The molecule has 0 aromatic rings. The summed E-state index contributed by atoms with van der Waals surface area (Å²) < 4.78 is 0. The maximum atomic E-state index is 11.4. The van der Waals surface area contributed by atoms with Crippen molar-refractivity contribution in [3.05, 3.63) is 0 Å². The van der Waals surface area contributed by atoms with E-state index in [4.69, 9.17) is 10.2 Å². The lowest BCUT2D eigenvalue weighted by Gasteiger charge is -2.25. The Bertz CT molecular complexity index is 273. The summed E-state index contributed by atoms with van der Waals surface area (Å²) >= 11 is 0. The van der Waals surface area contributed by atoms with E-state index in [-0.39, 0.29) is 26.1 Å². The summed E-state index contributed by atoms with van der Waals surface area (Å²) in [6, 6.07) is 0. The van der Waals surface area contributed by atoms with Crippen LogP contribution in [0.3, 0.4) is 0 Å². The number of aliphatic hydroxyl groups is 2. The lowest BCUT2D eigenvalue weighted by atomic mass is 9.78. The highest BCUT2D eigenvalue weighted by Gasteiger charge is 2.45. The molecule has 0 aliphatic rings. The first kappa shape index (κ1) is 19.9. The van der Waals surface area contributed by atoms with Gasteiger partial charge in [0.1, 0.15) is 0 Å². The van der Waals surface area contributed by atoms with Crippen molar-refractivity contribution in [3.63, 3.8) is 0 Å². The van der Waals surface area contributed by atoms with Gasteiger partial charge >= 0.3 is 11.9 Å². The molecule has 0 amide bonds. The van der Waals surface area contributed by atoms with Gasteiger partial charge in [-0.15, -0.1) is 0 Å². The van der Waals surface area contributed by atoms with E-state index in [0.717, 1.165) is 25.7 Å². The van der Waals surface area contributed by atoms with Crippen molar-refractivity contribution in [2.45, 2.75) is 64.2 Å². The first-order valence-corrected chi connectivity index (χ1v) is 7.70. The summed E-state index contributed by atoms with van der Waals surface area (Å²) in [5, 5.41) is 36.0. The number of rotatable bonds is 14. The molecular formula is C15H28O6. The number of unbranched alkanes of at least 4 members (excludes halogenated alkanes) is 6. The van der Waals surface area contributed by atoms with Crippen LogP contribution in [0.5, 0.6) is 0 Å². The van der Waals surface area contributed by atoms with Gasteiger partial charge in [-0.2, -0.15) is 0 Å². The van der Waals surface area contributed by atoms with Crippen LogP contribution in [0, 0.1) is 5.41 Å². The second-order valence-corrected chi connectivity index (χ2v) is 5.47. The van der Waals surface area contributed by atoms with Gasteiger partial charge in [0.05, 0.1) is 0 Å². The topological polar surface area (TPSA) is 115 Å². The van der Waals surface area contributed by atoms with Gasteiger partial charge in [0.2, 0.25) is 0 Å². The third-order valence-electron chi connectivity index (χ3n) is 3.84. The molecule has 0 bridgehead atoms. The van der Waals surface area contributed by atoms with Gasteiger partial charge in [0, 0.05) is 13.2 Å². The van der Waals surface area contributed by atoms with Crippen molar-refractivity contribution < 1.29 is 30.0 Å². The minimum Gasteiger partial charge on any atom is -0.480 e. The molecule has 0 heterocycles. The number of aliphatic carboxylic acids is 2. The molecule has 6 nitrogen and oxygen atoms in total. The van der Waals surface area contributed by atoms with Crippen LogP contribution in [-0.2, 0) is 9.59 Å². The molecule has 0 saturated carbocycles. The van der Waals surface area contributed by atoms with Crippen LogP contribution in [0.4, 0.5) is 0 Å². The number of carboxylic acid groups (broad SMARTS) is 2. The van der Waals surface area contributed by atoms with Gasteiger partial charge in [-0.05, 0) is 25.7 Å². The van der Waals surface area contributed by atoms with Crippen molar-refractivity contribution in [1.82, 2.24) is 0 Å². The summed E-state index contributed by atoms with van der Waals surface area (Å²) in [5.41, 5.74) is -1.70. The average molecular weight is 304 g/mol. The van der Waals surface area contributed by atoms with Gasteiger partial charge in [0.25, 0.3) is 0 Å². The first-order chi connectivity index (χ1) is 10.0. The van der Waals surface area contributed by atoms with E-state index in [1.807, 2.05) is 0 Å². The highest BCUT2D eigenvalue weighted by molar-refractivity contribution is 5.98. The average Bonchev–Trinajstić information content (AvgIpc) is 2.44. The van der Waals surface area contributed by atoms with Gasteiger partial charge in [0.15, 0.2) is 5.41 Å². The van der Waals surface area contributed by atoms with Crippen molar-refractivity contribution in [1.29, 1.82) is 0 Å². The smallest absolute Gasteiger partial charge is 0.321 e. The Morgan fingerprint density at radius 2 is 0.952 bits per heavy atom. The van der Waals surface area contributed by atoms with Crippen LogP contribution in [0.2, 0.25) is 0 Å². The maximum Gasteiger partial charge on any atom is 0.321 e. The number of carboxylic acids is 2. The maximum absolute atomic E-state index is 11.4.